The Morgan fingerprint density at radius 3 is 2.42 bits per heavy atom. The zero-order valence-corrected chi connectivity index (χ0v) is 15.0. The third-order valence-corrected chi connectivity index (χ3v) is 3.87. The molecule has 1 heterocycles. The van der Waals surface area contributed by atoms with E-state index >= 15 is 0 Å². The number of nitrogens with zero attached hydrogens (tertiary/aromatic N) is 2. The Bertz CT molecular complexity index is 920. The molecule has 0 fully saturated rings. The molecule has 0 spiro atoms. The molecule has 0 saturated carbocycles. The van der Waals surface area contributed by atoms with Gasteiger partial charge in [-0.3, -0.25) is 0 Å². The number of methoxy groups -OCH3 is 2. The molecule has 3 rings (SSSR count). The van der Waals surface area contributed by atoms with Crippen LogP contribution in [-0.2, 0) is 0 Å². The van der Waals surface area contributed by atoms with Gasteiger partial charge in [0.2, 0.25) is 0 Å². The summed E-state index contributed by atoms with van der Waals surface area (Å²) in [6, 6.07) is 12.7. The Morgan fingerprint density at radius 1 is 0.962 bits per heavy atom. The summed E-state index contributed by atoms with van der Waals surface area (Å²) in [6.45, 7) is 0. The second kappa shape index (κ2) is 7.79. The standard InChI is InChI=1S/C18H18ClN5O2/c1-25-13-6-7-14(15(9-13)26-2)24-18-16(20)17(21-10-22-18)23-12-5-3-4-11(19)8-12/h3-10H,20H2,1-2H3,(H2,21,22,23,24). The number of hydrogen-bond donors (Lipinski definition) is 3. The number of nitrogens with two attached hydrogens (primary N) is 1. The van der Waals surface area contributed by atoms with Crippen LogP contribution in [-0.4, -0.2) is 24.2 Å². The van der Waals surface area contributed by atoms with Gasteiger partial charge in [-0.1, -0.05) is 17.7 Å². The van der Waals surface area contributed by atoms with Crippen molar-refractivity contribution in [3.8, 4) is 11.5 Å². The first-order chi connectivity index (χ1) is 12.6. The average Bonchev–Trinajstić information content (AvgIpc) is 2.65. The number of anilines is 5. The highest BCUT2D eigenvalue weighted by atomic mass is 35.5. The number of nitrogens with one attached hydrogen (secondary N) is 2. The van der Waals surface area contributed by atoms with Crippen molar-refractivity contribution in [1.82, 2.24) is 9.97 Å². The lowest BCUT2D eigenvalue weighted by Crippen LogP contribution is -2.06. The predicted octanol–water partition coefficient (Wildman–Crippen LogP) is 4.22. The molecule has 0 aliphatic carbocycles. The van der Waals surface area contributed by atoms with Crippen LogP contribution in [0.5, 0.6) is 11.5 Å². The number of nitrogen functional groups attached to an aromatic ring is 1. The highest BCUT2D eigenvalue weighted by Gasteiger charge is 2.12. The summed E-state index contributed by atoms with van der Waals surface area (Å²) in [4.78, 5) is 8.41. The molecular weight excluding hydrogens is 354 g/mol. The van der Waals surface area contributed by atoms with Crippen molar-refractivity contribution in [2.24, 2.45) is 0 Å². The Balaban J connectivity index is 1.88. The summed E-state index contributed by atoms with van der Waals surface area (Å²) < 4.78 is 10.6. The predicted molar refractivity (Wildman–Crippen MR) is 104 cm³/mol. The number of halogens is 1. The minimum absolute atomic E-state index is 0.366. The molecule has 0 bridgehead atoms. The van der Waals surface area contributed by atoms with Crippen LogP contribution < -0.4 is 25.8 Å². The molecule has 0 amide bonds. The van der Waals surface area contributed by atoms with Gasteiger partial charge >= 0.3 is 0 Å². The van der Waals surface area contributed by atoms with Gasteiger partial charge < -0.3 is 25.8 Å². The fraction of sp³-hybridized carbons (Fsp3) is 0.111. The fourth-order valence-corrected chi connectivity index (χ4v) is 2.52. The number of benzene rings is 2. The second-order valence-corrected chi connectivity index (χ2v) is 5.75. The van der Waals surface area contributed by atoms with Crippen molar-refractivity contribution >= 4 is 40.3 Å². The van der Waals surface area contributed by atoms with Crippen LogP contribution >= 0.6 is 11.6 Å². The number of aromatic nitrogens is 2. The maximum atomic E-state index is 6.22. The van der Waals surface area contributed by atoms with E-state index in [4.69, 9.17) is 26.8 Å². The van der Waals surface area contributed by atoms with Gasteiger partial charge in [0.15, 0.2) is 11.6 Å². The van der Waals surface area contributed by atoms with Gasteiger partial charge in [-0.25, -0.2) is 9.97 Å². The van der Waals surface area contributed by atoms with Crippen LogP contribution in [0.2, 0.25) is 5.02 Å². The van der Waals surface area contributed by atoms with E-state index < -0.39 is 0 Å². The first kappa shape index (κ1) is 17.6. The van der Waals surface area contributed by atoms with Crippen LogP contribution in [0.25, 0.3) is 0 Å². The lowest BCUT2D eigenvalue weighted by Gasteiger charge is -2.15. The zero-order chi connectivity index (χ0) is 18.5. The van der Waals surface area contributed by atoms with Crippen LogP contribution in [0, 0.1) is 0 Å². The monoisotopic (exact) mass is 371 g/mol. The van der Waals surface area contributed by atoms with Crippen LogP contribution in [0.15, 0.2) is 48.8 Å². The van der Waals surface area contributed by atoms with Crippen molar-refractivity contribution in [2.75, 3.05) is 30.6 Å². The van der Waals surface area contributed by atoms with E-state index in [9.17, 15) is 0 Å². The van der Waals surface area contributed by atoms with Gasteiger partial charge in [-0.15, -0.1) is 0 Å². The molecule has 0 aliphatic heterocycles. The van der Waals surface area contributed by atoms with Gasteiger partial charge in [0.25, 0.3) is 0 Å². The molecule has 0 radical (unpaired) electrons. The molecule has 26 heavy (non-hydrogen) atoms. The second-order valence-electron chi connectivity index (χ2n) is 5.31. The summed E-state index contributed by atoms with van der Waals surface area (Å²) in [5.74, 6) is 2.21. The first-order valence-corrected chi connectivity index (χ1v) is 8.10. The minimum Gasteiger partial charge on any atom is -0.497 e. The Kier molecular flexibility index (Phi) is 5.28. The SMILES string of the molecule is COc1ccc(Nc2ncnc(Nc3cccc(Cl)c3)c2N)c(OC)c1. The molecular formula is C18H18ClN5O2. The van der Waals surface area contributed by atoms with Crippen LogP contribution in [0.1, 0.15) is 0 Å². The highest BCUT2D eigenvalue weighted by Crippen LogP contribution is 2.34. The lowest BCUT2D eigenvalue weighted by molar-refractivity contribution is 0.395. The van der Waals surface area contributed by atoms with E-state index in [-0.39, 0.29) is 0 Å². The normalized spacial score (nSPS) is 10.3. The summed E-state index contributed by atoms with van der Waals surface area (Å²) in [5, 5.41) is 6.91. The molecule has 0 unspecified atom stereocenters. The summed E-state index contributed by atoms with van der Waals surface area (Å²) in [7, 11) is 3.17. The number of rotatable bonds is 6. The smallest absolute Gasteiger partial charge is 0.159 e. The molecule has 0 aliphatic rings. The topological polar surface area (TPSA) is 94.3 Å². The zero-order valence-electron chi connectivity index (χ0n) is 14.3. The van der Waals surface area contributed by atoms with Crippen molar-refractivity contribution in [3.63, 3.8) is 0 Å². The quantitative estimate of drug-likeness (QED) is 0.597. The molecule has 7 nitrogen and oxygen atoms in total. The van der Waals surface area contributed by atoms with Crippen molar-refractivity contribution < 1.29 is 9.47 Å². The lowest BCUT2D eigenvalue weighted by atomic mass is 10.2. The van der Waals surface area contributed by atoms with E-state index in [0.717, 1.165) is 5.69 Å². The van der Waals surface area contributed by atoms with E-state index in [1.54, 1.807) is 32.4 Å². The summed E-state index contributed by atoms with van der Waals surface area (Å²) >= 11 is 6.01. The molecule has 134 valence electrons. The van der Waals surface area contributed by atoms with Crippen LogP contribution in [0.4, 0.5) is 28.7 Å². The third kappa shape index (κ3) is 3.89. The number of ether oxygens (including phenoxy) is 2. The molecule has 3 aromatic rings. The molecule has 0 atom stereocenters. The molecule has 4 N–H and O–H groups in total. The first-order valence-electron chi connectivity index (χ1n) is 7.73. The molecule has 2 aromatic carbocycles. The summed E-state index contributed by atoms with van der Waals surface area (Å²) in [6.07, 6.45) is 1.42. The van der Waals surface area contributed by atoms with Gasteiger partial charge in [0.1, 0.15) is 23.5 Å². The van der Waals surface area contributed by atoms with Crippen molar-refractivity contribution in [2.45, 2.75) is 0 Å². The van der Waals surface area contributed by atoms with Crippen LogP contribution in [0.3, 0.4) is 0 Å². The Labute approximate surface area is 156 Å². The minimum atomic E-state index is 0.366. The Hall–Kier alpha value is -3.19. The average molecular weight is 372 g/mol. The highest BCUT2D eigenvalue weighted by molar-refractivity contribution is 6.30. The number of hydrogen-bond acceptors (Lipinski definition) is 7. The van der Waals surface area contributed by atoms with Gasteiger partial charge in [0.05, 0.1) is 19.9 Å². The fourth-order valence-electron chi connectivity index (χ4n) is 2.33. The summed E-state index contributed by atoms with van der Waals surface area (Å²) in [5.41, 5.74) is 8.06. The van der Waals surface area contributed by atoms with E-state index in [0.29, 0.717) is 39.5 Å². The molecule has 1 aromatic heterocycles. The molecule has 0 saturated heterocycles. The maximum absolute atomic E-state index is 6.22. The van der Waals surface area contributed by atoms with E-state index in [1.807, 2.05) is 24.3 Å². The van der Waals surface area contributed by atoms with Gasteiger partial charge in [-0.05, 0) is 30.3 Å². The molecule has 8 heteroatoms. The van der Waals surface area contributed by atoms with Gasteiger partial charge in [-0.2, -0.15) is 0 Å². The third-order valence-electron chi connectivity index (χ3n) is 3.63. The van der Waals surface area contributed by atoms with Gasteiger partial charge in [0, 0.05) is 16.8 Å². The van der Waals surface area contributed by atoms with Crippen molar-refractivity contribution in [3.05, 3.63) is 53.8 Å². The largest absolute Gasteiger partial charge is 0.497 e. The Morgan fingerprint density at radius 2 is 1.73 bits per heavy atom. The van der Waals surface area contributed by atoms with E-state index in [2.05, 4.69) is 20.6 Å². The van der Waals surface area contributed by atoms with Crippen molar-refractivity contribution in [1.29, 1.82) is 0 Å². The van der Waals surface area contributed by atoms with E-state index in [1.165, 1.54) is 6.33 Å². The maximum Gasteiger partial charge on any atom is 0.159 e.